The molecule has 0 atom stereocenters. The standard InChI is InChI=1S/C10H17N3O4S/c1-10(2)7-13(3-4-17-10)18(15,16)9-8(6-14)5-11-12-9/h5,14H,3-4,6-7H2,1-2H3,(H,11,12). The van der Waals surface area contributed by atoms with E-state index < -0.39 is 15.6 Å². The van der Waals surface area contributed by atoms with Gasteiger partial charge in [0.1, 0.15) is 0 Å². The zero-order chi connectivity index (χ0) is 13.4. The largest absolute Gasteiger partial charge is 0.392 e. The van der Waals surface area contributed by atoms with Crippen molar-refractivity contribution in [1.82, 2.24) is 14.5 Å². The van der Waals surface area contributed by atoms with Crippen LogP contribution in [-0.4, -0.2) is 53.3 Å². The number of aromatic amines is 1. The molecule has 2 N–H and O–H groups in total. The summed E-state index contributed by atoms with van der Waals surface area (Å²) in [5, 5.41) is 15.2. The topological polar surface area (TPSA) is 95.5 Å². The van der Waals surface area contributed by atoms with Crippen LogP contribution in [0.4, 0.5) is 0 Å². The number of nitrogens with one attached hydrogen (secondary N) is 1. The molecular formula is C10H17N3O4S. The SMILES string of the molecule is CC1(C)CN(S(=O)(=O)c2[nH]ncc2CO)CCO1. The van der Waals surface area contributed by atoms with E-state index in [2.05, 4.69) is 10.2 Å². The first kappa shape index (κ1) is 13.5. The van der Waals surface area contributed by atoms with Crippen LogP contribution in [0.25, 0.3) is 0 Å². The molecule has 0 radical (unpaired) electrons. The number of hydrogen-bond donors (Lipinski definition) is 2. The number of aliphatic hydroxyl groups excluding tert-OH is 1. The molecule has 102 valence electrons. The fourth-order valence-electron chi connectivity index (χ4n) is 1.94. The van der Waals surface area contributed by atoms with Crippen LogP contribution in [0.3, 0.4) is 0 Å². The van der Waals surface area contributed by atoms with Crippen molar-refractivity contribution in [3.05, 3.63) is 11.8 Å². The molecule has 0 aliphatic carbocycles. The number of H-pyrrole nitrogens is 1. The number of aliphatic hydroxyl groups is 1. The van der Waals surface area contributed by atoms with Crippen molar-refractivity contribution < 1.29 is 18.3 Å². The van der Waals surface area contributed by atoms with Gasteiger partial charge in [0.05, 0.1) is 25.0 Å². The summed E-state index contributed by atoms with van der Waals surface area (Å²) >= 11 is 0. The summed E-state index contributed by atoms with van der Waals surface area (Å²) < 4.78 is 31.6. The van der Waals surface area contributed by atoms with Gasteiger partial charge in [0.15, 0.2) is 5.03 Å². The molecule has 0 saturated carbocycles. The Kier molecular flexibility index (Phi) is 3.45. The van der Waals surface area contributed by atoms with Gasteiger partial charge in [-0.3, -0.25) is 5.10 Å². The third kappa shape index (κ3) is 2.41. The van der Waals surface area contributed by atoms with E-state index in [1.54, 1.807) is 0 Å². The quantitative estimate of drug-likeness (QED) is 0.789. The van der Waals surface area contributed by atoms with Crippen molar-refractivity contribution in [1.29, 1.82) is 0 Å². The molecule has 0 unspecified atom stereocenters. The maximum atomic E-state index is 12.4. The zero-order valence-corrected chi connectivity index (χ0v) is 11.2. The molecule has 1 aliphatic heterocycles. The highest BCUT2D eigenvalue weighted by atomic mass is 32.2. The van der Waals surface area contributed by atoms with E-state index in [0.29, 0.717) is 13.2 Å². The summed E-state index contributed by atoms with van der Waals surface area (Å²) in [5.74, 6) is 0. The molecule has 0 amide bonds. The molecule has 1 aromatic heterocycles. The fraction of sp³-hybridized carbons (Fsp3) is 0.700. The van der Waals surface area contributed by atoms with Crippen molar-refractivity contribution in [3.63, 3.8) is 0 Å². The van der Waals surface area contributed by atoms with Gasteiger partial charge in [0.2, 0.25) is 0 Å². The molecule has 2 heterocycles. The molecule has 18 heavy (non-hydrogen) atoms. The van der Waals surface area contributed by atoms with Crippen LogP contribution >= 0.6 is 0 Å². The highest BCUT2D eigenvalue weighted by Crippen LogP contribution is 2.24. The van der Waals surface area contributed by atoms with Crippen LogP contribution in [-0.2, 0) is 21.4 Å². The lowest BCUT2D eigenvalue weighted by molar-refractivity contribution is -0.0641. The van der Waals surface area contributed by atoms with Crippen molar-refractivity contribution >= 4 is 10.0 Å². The molecule has 7 nitrogen and oxygen atoms in total. The van der Waals surface area contributed by atoms with E-state index in [1.807, 2.05) is 13.8 Å². The van der Waals surface area contributed by atoms with Gasteiger partial charge in [-0.25, -0.2) is 8.42 Å². The van der Waals surface area contributed by atoms with Gasteiger partial charge in [-0.05, 0) is 13.8 Å². The van der Waals surface area contributed by atoms with Gasteiger partial charge >= 0.3 is 0 Å². The lowest BCUT2D eigenvalue weighted by Gasteiger charge is -2.37. The summed E-state index contributed by atoms with van der Waals surface area (Å²) in [4.78, 5) is 0. The smallest absolute Gasteiger partial charge is 0.260 e. The maximum absolute atomic E-state index is 12.4. The van der Waals surface area contributed by atoms with E-state index in [1.165, 1.54) is 10.5 Å². The van der Waals surface area contributed by atoms with Crippen LogP contribution < -0.4 is 0 Å². The van der Waals surface area contributed by atoms with Crippen LogP contribution in [0.5, 0.6) is 0 Å². The van der Waals surface area contributed by atoms with E-state index in [-0.39, 0.29) is 23.7 Å². The van der Waals surface area contributed by atoms with Crippen LogP contribution in [0, 0.1) is 0 Å². The Balaban J connectivity index is 2.32. The number of sulfonamides is 1. The van der Waals surface area contributed by atoms with Crippen LogP contribution in [0.2, 0.25) is 0 Å². The Bertz CT molecular complexity index is 523. The summed E-state index contributed by atoms with van der Waals surface area (Å²) in [7, 11) is -3.66. The van der Waals surface area contributed by atoms with E-state index in [0.717, 1.165) is 0 Å². The Labute approximate surface area is 106 Å². The molecule has 8 heteroatoms. The molecule has 2 rings (SSSR count). The van der Waals surface area contributed by atoms with Crippen molar-refractivity contribution in [3.8, 4) is 0 Å². The number of aromatic nitrogens is 2. The van der Waals surface area contributed by atoms with Crippen LogP contribution in [0.15, 0.2) is 11.2 Å². The maximum Gasteiger partial charge on any atom is 0.260 e. The van der Waals surface area contributed by atoms with E-state index in [9.17, 15) is 8.42 Å². The van der Waals surface area contributed by atoms with Gasteiger partial charge in [-0.15, -0.1) is 0 Å². The minimum absolute atomic E-state index is 0.0392. The van der Waals surface area contributed by atoms with Gasteiger partial charge in [-0.1, -0.05) is 0 Å². The normalized spacial score (nSPS) is 21.1. The zero-order valence-electron chi connectivity index (χ0n) is 10.4. The third-order valence-electron chi connectivity index (χ3n) is 2.84. The Hall–Kier alpha value is -0.960. The molecule has 0 bridgehead atoms. The monoisotopic (exact) mass is 275 g/mol. The summed E-state index contributed by atoms with van der Waals surface area (Å²) in [6.45, 7) is 4.26. The lowest BCUT2D eigenvalue weighted by atomic mass is 10.1. The minimum Gasteiger partial charge on any atom is -0.392 e. The highest BCUT2D eigenvalue weighted by Gasteiger charge is 2.36. The Morgan fingerprint density at radius 1 is 1.61 bits per heavy atom. The average Bonchev–Trinajstić information content (AvgIpc) is 2.76. The number of morpholine rings is 1. The molecule has 1 saturated heterocycles. The fourth-order valence-corrected chi connectivity index (χ4v) is 3.61. The highest BCUT2D eigenvalue weighted by molar-refractivity contribution is 7.89. The number of rotatable bonds is 3. The Morgan fingerprint density at radius 3 is 2.94 bits per heavy atom. The second-order valence-corrected chi connectivity index (χ2v) is 6.70. The first-order chi connectivity index (χ1) is 8.37. The average molecular weight is 275 g/mol. The molecule has 0 spiro atoms. The molecule has 1 aromatic rings. The predicted molar refractivity (Wildman–Crippen MR) is 63.3 cm³/mol. The van der Waals surface area contributed by atoms with Gasteiger partial charge in [0.25, 0.3) is 10.0 Å². The Morgan fingerprint density at radius 2 is 2.33 bits per heavy atom. The summed E-state index contributed by atoms with van der Waals surface area (Å²) in [5.41, 5.74) is -0.232. The van der Waals surface area contributed by atoms with Gasteiger partial charge in [-0.2, -0.15) is 9.40 Å². The van der Waals surface area contributed by atoms with E-state index >= 15 is 0 Å². The van der Waals surface area contributed by atoms with E-state index in [4.69, 9.17) is 9.84 Å². The molecule has 0 aromatic carbocycles. The molecule has 1 fully saturated rings. The second kappa shape index (κ2) is 4.61. The molecule has 1 aliphatic rings. The van der Waals surface area contributed by atoms with Crippen molar-refractivity contribution in [2.75, 3.05) is 19.7 Å². The number of hydrogen-bond acceptors (Lipinski definition) is 5. The van der Waals surface area contributed by atoms with Gasteiger partial charge in [0, 0.05) is 18.7 Å². The second-order valence-electron chi connectivity index (χ2n) is 4.83. The number of ether oxygens (including phenoxy) is 1. The first-order valence-corrected chi connectivity index (χ1v) is 7.08. The van der Waals surface area contributed by atoms with Gasteiger partial charge < -0.3 is 9.84 Å². The first-order valence-electron chi connectivity index (χ1n) is 5.64. The predicted octanol–water partition coefficient (Wildman–Crippen LogP) is -0.298. The summed E-state index contributed by atoms with van der Waals surface area (Å²) in [6, 6.07) is 0. The summed E-state index contributed by atoms with van der Waals surface area (Å²) in [6.07, 6.45) is 1.32. The third-order valence-corrected chi connectivity index (χ3v) is 4.70. The van der Waals surface area contributed by atoms with Crippen LogP contribution in [0.1, 0.15) is 19.4 Å². The lowest BCUT2D eigenvalue weighted by Crippen LogP contribution is -2.50. The van der Waals surface area contributed by atoms with Crippen molar-refractivity contribution in [2.24, 2.45) is 0 Å². The van der Waals surface area contributed by atoms with Crippen molar-refractivity contribution in [2.45, 2.75) is 31.1 Å². The number of nitrogens with zero attached hydrogens (tertiary/aromatic N) is 2. The minimum atomic E-state index is -3.66. The molecular weight excluding hydrogens is 258 g/mol.